The van der Waals surface area contributed by atoms with Crippen molar-refractivity contribution in [3.05, 3.63) is 49.9 Å². The Labute approximate surface area is 119 Å². The molecule has 2 aromatic rings. The number of halogens is 2. The maximum atomic E-state index is 11.9. The molecule has 2 aromatic heterocycles. The molecular weight excluding hydrogens is 291 g/mol. The Bertz CT molecular complexity index is 583. The van der Waals surface area contributed by atoms with Gasteiger partial charge in [0.25, 0.3) is 5.91 Å². The van der Waals surface area contributed by atoms with Crippen LogP contribution in [-0.2, 0) is 6.54 Å². The highest BCUT2D eigenvalue weighted by molar-refractivity contribution is 7.10. The third-order valence-corrected chi connectivity index (χ3v) is 4.15. The quantitative estimate of drug-likeness (QED) is 0.879. The maximum Gasteiger partial charge on any atom is 0.253 e. The second-order valence-corrected chi connectivity index (χ2v) is 5.47. The van der Waals surface area contributed by atoms with Crippen LogP contribution in [0, 0.1) is 6.92 Å². The average Bonchev–Trinajstić information content (AvgIpc) is 2.75. The van der Waals surface area contributed by atoms with E-state index in [0.717, 1.165) is 4.88 Å². The predicted molar refractivity (Wildman–Crippen MR) is 74.5 cm³/mol. The number of carbonyl (C=O) groups excluding carboxylic acids is 1. The summed E-state index contributed by atoms with van der Waals surface area (Å²) in [5.74, 6) is -0.214. The molecule has 0 radical (unpaired) electrons. The molecule has 0 aliphatic carbocycles. The van der Waals surface area contributed by atoms with Crippen molar-refractivity contribution in [2.24, 2.45) is 0 Å². The molecule has 3 nitrogen and oxygen atoms in total. The largest absolute Gasteiger partial charge is 0.347 e. The highest BCUT2D eigenvalue weighted by Gasteiger charge is 2.09. The van der Waals surface area contributed by atoms with E-state index in [2.05, 4.69) is 10.3 Å². The lowest BCUT2D eigenvalue weighted by atomic mass is 10.2. The van der Waals surface area contributed by atoms with E-state index in [4.69, 9.17) is 23.2 Å². The SMILES string of the molecule is Cc1ccsc1CNC(=O)c1cnc(Cl)c(Cl)c1. The number of rotatable bonds is 3. The third kappa shape index (κ3) is 3.02. The van der Waals surface area contributed by atoms with Crippen LogP contribution in [0.1, 0.15) is 20.8 Å². The van der Waals surface area contributed by atoms with E-state index in [1.807, 2.05) is 18.4 Å². The minimum Gasteiger partial charge on any atom is -0.347 e. The number of hydrogen-bond acceptors (Lipinski definition) is 3. The van der Waals surface area contributed by atoms with Gasteiger partial charge in [0.05, 0.1) is 17.1 Å². The minimum absolute atomic E-state index is 0.197. The van der Waals surface area contributed by atoms with Gasteiger partial charge < -0.3 is 5.32 Å². The van der Waals surface area contributed by atoms with Crippen molar-refractivity contribution in [3.8, 4) is 0 Å². The number of carbonyl (C=O) groups is 1. The van der Waals surface area contributed by atoms with E-state index in [1.165, 1.54) is 17.8 Å². The lowest BCUT2D eigenvalue weighted by molar-refractivity contribution is 0.0951. The molecule has 0 fully saturated rings. The van der Waals surface area contributed by atoms with Crippen LogP contribution in [0.15, 0.2) is 23.7 Å². The smallest absolute Gasteiger partial charge is 0.253 e. The fraction of sp³-hybridized carbons (Fsp3) is 0.167. The Hall–Kier alpha value is -1.10. The summed E-state index contributed by atoms with van der Waals surface area (Å²) in [5.41, 5.74) is 1.58. The lowest BCUT2D eigenvalue weighted by Crippen LogP contribution is -2.22. The summed E-state index contributed by atoms with van der Waals surface area (Å²) in [7, 11) is 0. The van der Waals surface area contributed by atoms with E-state index in [0.29, 0.717) is 12.1 Å². The molecule has 94 valence electrons. The number of nitrogens with one attached hydrogen (secondary N) is 1. The second kappa shape index (κ2) is 5.69. The summed E-state index contributed by atoms with van der Waals surface area (Å²) in [6.45, 7) is 2.52. The molecule has 1 amide bonds. The zero-order valence-electron chi connectivity index (χ0n) is 9.54. The van der Waals surface area contributed by atoms with Crippen LogP contribution in [0.2, 0.25) is 10.2 Å². The number of amides is 1. The van der Waals surface area contributed by atoms with Gasteiger partial charge in [-0.1, -0.05) is 23.2 Å². The molecule has 1 N–H and O–H groups in total. The van der Waals surface area contributed by atoms with Gasteiger partial charge in [-0.25, -0.2) is 4.98 Å². The summed E-state index contributed by atoms with van der Waals surface area (Å²) in [6, 6.07) is 3.53. The van der Waals surface area contributed by atoms with Crippen molar-refractivity contribution in [1.29, 1.82) is 0 Å². The highest BCUT2D eigenvalue weighted by Crippen LogP contribution is 2.20. The van der Waals surface area contributed by atoms with Gasteiger partial charge in [0, 0.05) is 11.1 Å². The predicted octanol–water partition coefficient (Wildman–Crippen LogP) is 3.69. The molecule has 18 heavy (non-hydrogen) atoms. The van der Waals surface area contributed by atoms with Crippen LogP contribution in [0.4, 0.5) is 0 Å². The fourth-order valence-electron chi connectivity index (χ4n) is 1.39. The van der Waals surface area contributed by atoms with Gasteiger partial charge >= 0.3 is 0 Å². The summed E-state index contributed by atoms with van der Waals surface area (Å²) >= 11 is 13.1. The number of pyridine rings is 1. The van der Waals surface area contributed by atoms with Crippen LogP contribution < -0.4 is 5.32 Å². The number of nitrogens with zero attached hydrogens (tertiary/aromatic N) is 1. The Morgan fingerprint density at radius 2 is 2.28 bits per heavy atom. The summed E-state index contributed by atoms with van der Waals surface area (Å²) in [5, 5.41) is 5.29. The maximum absolute atomic E-state index is 11.9. The summed E-state index contributed by atoms with van der Waals surface area (Å²) in [6.07, 6.45) is 1.41. The molecule has 0 atom stereocenters. The number of aryl methyl sites for hydroxylation is 1. The Kier molecular flexibility index (Phi) is 4.22. The second-order valence-electron chi connectivity index (χ2n) is 3.71. The van der Waals surface area contributed by atoms with Gasteiger partial charge in [-0.2, -0.15) is 0 Å². The van der Waals surface area contributed by atoms with Crippen LogP contribution in [0.25, 0.3) is 0 Å². The zero-order valence-corrected chi connectivity index (χ0v) is 11.9. The average molecular weight is 301 g/mol. The first kappa shape index (κ1) is 13.3. The molecule has 0 saturated carbocycles. The van der Waals surface area contributed by atoms with Gasteiger partial charge in [-0.3, -0.25) is 4.79 Å². The molecule has 0 aliphatic rings. The van der Waals surface area contributed by atoms with E-state index in [1.54, 1.807) is 11.3 Å². The summed E-state index contributed by atoms with van der Waals surface area (Å²) < 4.78 is 0. The molecule has 0 aliphatic heterocycles. The van der Waals surface area contributed by atoms with Crippen molar-refractivity contribution in [3.63, 3.8) is 0 Å². The first-order valence-corrected chi connectivity index (χ1v) is 6.83. The normalized spacial score (nSPS) is 10.4. The van der Waals surface area contributed by atoms with E-state index in [-0.39, 0.29) is 16.1 Å². The molecule has 0 aromatic carbocycles. The topological polar surface area (TPSA) is 42.0 Å². The van der Waals surface area contributed by atoms with Crippen molar-refractivity contribution in [2.75, 3.05) is 0 Å². The first-order valence-electron chi connectivity index (χ1n) is 5.20. The minimum atomic E-state index is -0.214. The van der Waals surface area contributed by atoms with Crippen molar-refractivity contribution < 1.29 is 4.79 Å². The fourth-order valence-corrected chi connectivity index (χ4v) is 2.51. The number of hydrogen-bond donors (Lipinski definition) is 1. The lowest BCUT2D eigenvalue weighted by Gasteiger charge is -2.05. The molecule has 0 saturated heterocycles. The van der Waals surface area contributed by atoms with E-state index >= 15 is 0 Å². The van der Waals surface area contributed by atoms with E-state index < -0.39 is 0 Å². The number of thiophene rings is 1. The molecule has 2 rings (SSSR count). The van der Waals surface area contributed by atoms with Crippen LogP contribution in [0.3, 0.4) is 0 Å². The molecular formula is C12H10Cl2N2OS. The van der Waals surface area contributed by atoms with E-state index in [9.17, 15) is 4.79 Å². The van der Waals surface area contributed by atoms with Gasteiger partial charge in [0.2, 0.25) is 0 Å². The van der Waals surface area contributed by atoms with Gasteiger partial charge in [-0.15, -0.1) is 11.3 Å². The first-order chi connectivity index (χ1) is 8.58. The number of aromatic nitrogens is 1. The Morgan fingerprint density at radius 1 is 1.50 bits per heavy atom. The highest BCUT2D eigenvalue weighted by atomic mass is 35.5. The summed E-state index contributed by atoms with van der Waals surface area (Å²) in [4.78, 5) is 16.8. The monoisotopic (exact) mass is 300 g/mol. The Morgan fingerprint density at radius 3 is 2.89 bits per heavy atom. The molecule has 0 bridgehead atoms. The van der Waals surface area contributed by atoms with Crippen molar-refractivity contribution in [2.45, 2.75) is 13.5 Å². The van der Waals surface area contributed by atoms with Gasteiger partial charge in [0.1, 0.15) is 5.15 Å². The molecule has 0 spiro atoms. The standard InChI is InChI=1S/C12H10Cl2N2OS/c1-7-2-3-18-10(7)6-16-12(17)8-4-9(13)11(14)15-5-8/h2-5H,6H2,1H3,(H,16,17). The van der Waals surface area contributed by atoms with Crippen LogP contribution in [-0.4, -0.2) is 10.9 Å². The third-order valence-electron chi connectivity index (χ3n) is 2.44. The van der Waals surface area contributed by atoms with Gasteiger partial charge in [0.15, 0.2) is 0 Å². The van der Waals surface area contributed by atoms with Crippen LogP contribution in [0.5, 0.6) is 0 Å². The van der Waals surface area contributed by atoms with Crippen molar-refractivity contribution in [1.82, 2.24) is 10.3 Å². The molecule has 2 heterocycles. The van der Waals surface area contributed by atoms with Crippen molar-refractivity contribution >= 4 is 40.4 Å². The van der Waals surface area contributed by atoms with Crippen LogP contribution >= 0.6 is 34.5 Å². The Balaban J connectivity index is 2.04. The van der Waals surface area contributed by atoms with Gasteiger partial charge in [-0.05, 0) is 30.0 Å². The molecule has 0 unspecified atom stereocenters. The molecule has 6 heteroatoms. The zero-order chi connectivity index (χ0) is 13.1.